The molecule has 35 heavy (non-hydrogen) atoms. The lowest BCUT2D eigenvalue weighted by molar-refractivity contribution is -0.155. The zero-order valence-corrected chi connectivity index (χ0v) is 19.5. The van der Waals surface area contributed by atoms with Gasteiger partial charge >= 0.3 is 5.97 Å². The average Bonchev–Trinajstić information content (AvgIpc) is 3.32. The highest BCUT2D eigenvalue weighted by molar-refractivity contribution is 5.78. The number of benzene rings is 4. The predicted molar refractivity (Wildman–Crippen MR) is 137 cm³/mol. The Morgan fingerprint density at radius 1 is 0.743 bits per heavy atom. The van der Waals surface area contributed by atoms with Gasteiger partial charge in [-0.2, -0.15) is 0 Å². The maximum Gasteiger partial charge on any atom is 0.326 e. The molecule has 0 amide bonds. The molecule has 1 N–H and O–H groups in total. The third kappa shape index (κ3) is 4.39. The Morgan fingerprint density at radius 2 is 1.17 bits per heavy atom. The first-order valence-electron chi connectivity index (χ1n) is 12.0. The predicted octanol–water partition coefficient (Wildman–Crippen LogP) is 5.16. The Balaban J connectivity index is 1.63. The third-order valence-corrected chi connectivity index (χ3v) is 6.84. The zero-order valence-electron chi connectivity index (χ0n) is 19.5. The summed E-state index contributed by atoms with van der Waals surface area (Å²) in [5.74, 6) is -0.411. The van der Waals surface area contributed by atoms with Crippen molar-refractivity contribution in [2.24, 2.45) is 0 Å². The molecule has 4 nitrogen and oxygen atoms in total. The smallest absolute Gasteiger partial charge is 0.326 e. The molecule has 1 aliphatic rings. The van der Waals surface area contributed by atoms with Crippen LogP contribution in [0, 0.1) is 0 Å². The molecule has 4 heteroatoms. The van der Waals surface area contributed by atoms with E-state index in [4.69, 9.17) is 4.74 Å². The molecule has 2 atom stereocenters. The minimum atomic E-state index is -0.825. The second-order valence-electron chi connectivity index (χ2n) is 8.90. The van der Waals surface area contributed by atoms with Gasteiger partial charge in [-0.3, -0.25) is 9.69 Å². The summed E-state index contributed by atoms with van der Waals surface area (Å²) >= 11 is 0. The van der Waals surface area contributed by atoms with Crippen molar-refractivity contribution in [3.05, 3.63) is 144 Å². The van der Waals surface area contributed by atoms with Crippen LogP contribution in [0.3, 0.4) is 0 Å². The van der Waals surface area contributed by atoms with Crippen molar-refractivity contribution in [3.63, 3.8) is 0 Å². The van der Waals surface area contributed by atoms with Crippen LogP contribution in [0.5, 0.6) is 0 Å². The number of ether oxygens (including phenoxy) is 1. The molecule has 1 aliphatic heterocycles. The lowest BCUT2D eigenvalue weighted by atomic mass is 9.75. The van der Waals surface area contributed by atoms with Crippen molar-refractivity contribution in [1.29, 1.82) is 0 Å². The van der Waals surface area contributed by atoms with Gasteiger partial charge in [0.2, 0.25) is 0 Å². The summed E-state index contributed by atoms with van der Waals surface area (Å²) in [5, 5.41) is 11.1. The van der Waals surface area contributed by atoms with Crippen molar-refractivity contribution in [2.45, 2.75) is 30.7 Å². The first-order valence-corrected chi connectivity index (χ1v) is 12.0. The monoisotopic (exact) mass is 463 g/mol. The maximum absolute atomic E-state index is 13.6. The fraction of sp³-hybridized carbons (Fsp3) is 0.194. The Morgan fingerprint density at radius 3 is 1.63 bits per heavy atom. The van der Waals surface area contributed by atoms with Crippen LogP contribution in [0.1, 0.15) is 28.7 Å². The zero-order chi connectivity index (χ0) is 24.1. The van der Waals surface area contributed by atoms with E-state index in [0.29, 0.717) is 13.0 Å². The lowest BCUT2D eigenvalue weighted by Crippen LogP contribution is -2.55. The molecule has 0 bridgehead atoms. The number of carbonyl (C=O) groups is 1. The second-order valence-corrected chi connectivity index (χ2v) is 8.90. The molecule has 0 unspecified atom stereocenters. The third-order valence-electron chi connectivity index (χ3n) is 6.84. The molecule has 4 aromatic carbocycles. The van der Waals surface area contributed by atoms with Crippen LogP contribution in [0.15, 0.2) is 121 Å². The van der Waals surface area contributed by atoms with Crippen molar-refractivity contribution in [3.8, 4) is 0 Å². The maximum atomic E-state index is 13.6. The van der Waals surface area contributed by atoms with Crippen molar-refractivity contribution in [2.75, 3.05) is 6.54 Å². The lowest BCUT2D eigenvalue weighted by Gasteiger charge is -2.46. The molecule has 0 spiro atoms. The normalized spacial score (nSPS) is 18.3. The number of esters is 1. The highest BCUT2D eigenvalue weighted by atomic mass is 16.5. The number of rotatable bonds is 7. The number of nitrogens with zero attached hydrogens (tertiary/aromatic N) is 1. The SMILES string of the molecule is O=C(OCc1ccccc1)[C@@H]1[C@@H](O)CCN1C(c1ccccc1)(c1ccccc1)c1ccccc1. The molecule has 1 saturated heterocycles. The molecule has 1 fully saturated rings. The molecule has 1 heterocycles. The van der Waals surface area contributed by atoms with E-state index in [1.165, 1.54) is 0 Å². The van der Waals surface area contributed by atoms with Gasteiger partial charge in [-0.15, -0.1) is 0 Å². The van der Waals surface area contributed by atoms with E-state index in [1.807, 2.05) is 84.9 Å². The van der Waals surface area contributed by atoms with Crippen LogP contribution < -0.4 is 0 Å². The number of carbonyl (C=O) groups excluding carboxylic acids is 1. The van der Waals surface area contributed by atoms with Crippen LogP contribution in [-0.4, -0.2) is 34.7 Å². The van der Waals surface area contributed by atoms with E-state index in [0.717, 1.165) is 22.3 Å². The van der Waals surface area contributed by atoms with Gasteiger partial charge in [0, 0.05) is 6.54 Å². The van der Waals surface area contributed by atoms with Crippen LogP contribution in [0.25, 0.3) is 0 Å². The summed E-state index contributed by atoms with van der Waals surface area (Å²) < 4.78 is 5.77. The van der Waals surface area contributed by atoms with E-state index < -0.39 is 23.7 Å². The highest BCUT2D eigenvalue weighted by Crippen LogP contribution is 2.46. The molecular formula is C31H29NO3. The van der Waals surface area contributed by atoms with Crippen LogP contribution >= 0.6 is 0 Å². The van der Waals surface area contributed by atoms with E-state index in [2.05, 4.69) is 41.3 Å². The van der Waals surface area contributed by atoms with Crippen LogP contribution in [-0.2, 0) is 21.7 Å². The first kappa shape index (κ1) is 23.0. The number of hydrogen-bond donors (Lipinski definition) is 1. The minimum absolute atomic E-state index is 0.172. The van der Waals surface area contributed by atoms with Gasteiger partial charge in [-0.25, -0.2) is 0 Å². The summed E-state index contributed by atoms with van der Waals surface area (Å²) in [5.41, 5.74) is 3.24. The molecule has 0 aromatic heterocycles. The molecule has 176 valence electrons. The second kappa shape index (κ2) is 10.3. The summed E-state index contributed by atoms with van der Waals surface area (Å²) in [7, 11) is 0. The Kier molecular flexibility index (Phi) is 6.75. The Hall–Kier alpha value is -3.73. The number of aliphatic hydroxyl groups is 1. The Bertz CT molecular complexity index is 1130. The summed E-state index contributed by atoms with van der Waals surface area (Å²) in [6.45, 7) is 0.719. The summed E-state index contributed by atoms with van der Waals surface area (Å²) in [4.78, 5) is 15.7. The van der Waals surface area contributed by atoms with Gasteiger partial charge in [0.05, 0.1) is 11.6 Å². The van der Waals surface area contributed by atoms with E-state index in [-0.39, 0.29) is 6.61 Å². The van der Waals surface area contributed by atoms with E-state index >= 15 is 0 Å². The quantitative estimate of drug-likeness (QED) is 0.304. The molecule has 0 radical (unpaired) electrons. The summed E-state index contributed by atoms with van der Waals surface area (Å²) in [6.07, 6.45) is -0.340. The number of aliphatic hydroxyl groups excluding tert-OH is 1. The highest BCUT2D eigenvalue weighted by Gasteiger charge is 2.52. The molecule has 0 aliphatic carbocycles. The van der Waals surface area contributed by atoms with Crippen LogP contribution in [0.4, 0.5) is 0 Å². The molecule has 4 aromatic rings. The van der Waals surface area contributed by atoms with Crippen molar-refractivity contribution in [1.82, 2.24) is 4.90 Å². The van der Waals surface area contributed by atoms with Gasteiger partial charge in [0.25, 0.3) is 0 Å². The summed E-state index contributed by atoms with van der Waals surface area (Å²) in [6, 6.07) is 39.5. The molecular weight excluding hydrogens is 434 g/mol. The van der Waals surface area contributed by atoms with Gasteiger partial charge < -0.3 is 9.84 Å². The van der Waals surface area contributed by atoms with Crippen molar-refractivity contribution >= 4 is 5.97 Å². The average molecular weight is 464 g/mol. The first-order chi connectivity index (χ1) is 17.2. The molecule has 0 saturated carbocycles. The van der Waals surface area contributed by atoms with Crippen LogP contribution in [0.2, 0.25) is 0 Å². The van der Waals surface area contributed by atoms with Gasteiger partial charge in [0.15, 0.2) is 0 Å². The fourth-order valence-corrected chi connectivity index (χ4v) is 5.29. The van der Waals surface area contributed by atoms with Gasteiger partial charge in [-0.05, 0) is 28.7 Å². The molecule has 5 rings (SSSR count). The standard InChI is InChI=1S/C31H29NO3/c33-28-21-22-32(29(28)30(34)35-23-24-13-5-1-6-14-24)31(25-15-7-2-8-16-25,26-17-9-3-10-18-26)27-19-11-4-12-20-27/h1-20,28-29,33H,21-23H2/t28-,29-/m0/s1. The fourth-order valence-electron chi connectivity index (χ4n) is 5.29. The number of likely N-dealkylation sites (tertiary alicyclic amines) is 1. The number of hydrogen-bond acceptors (Lipinski definition) is 4. The van der Waals surface area contributed by atoms with Gasteiger partial charge in [0.1, 0.15) is 12.6 Å². The minimum Gasteiger partial charge on any atom is -0.460 e. The largest absolute Gasteiger partial charge is 0.460 e. The van der Waals surface area contributed by atoms with E-state index in [1.54, 1.807) is 0 Å². The van der Waals surface area contributed by atoms with Gasteiger partial charge in [-0.1, -0.05) is 121 Å². The van der Waals surface area contributed by atoms with Crippen molar-refractivity contribution < 1.29 is 14.6 Å². The van der Waals surface area contributed by atoms with E-state index in [9.17, 15) is 9.90 Å². The topological polar surface area (TPSA) is 49.8 Å². The Labute approximate surface area is 206 Å².